The van der Waals surface area contributed by atoms with Crippen molar-refractivity contribution in [3.8, 4) is 0 Å². The van der Waals surface area contributed by atoms with Gasteiger partial charge in [0.05, 0.1) is 4.92 Å². The Morgan fingerprint density at radius 2 is 1.95 bits per heavy atom. The van der Waals surface area contributed by atoms with E-state index in [0.29, 0.717) is 5.92 Å². The minimum Gasteiger partial charge on any atom is -0.385 e. The van der Waals surface area contributed by atoms with Crippen LogP contribution in [-0.2, 0) is 0 Å². The summed E-state index contributed by atoms with van der Waals surface area (Å²) in [4.78, 5) is 10.6. The molecule has 110 valence electrons. The fourth-order valence-corrected chi connectivity index (χ4v) is 2.30. The van der Waals surface area contributed by atoms with E-state index in [-0.39, 0.29) is 10.6 Å². The van der Waals surface area contributed by atoms with Crippen molar-refractivity contribution in [2.45, 2.75) is 33.1 Å². The van der Waals surface area contributed by atoms with Crippen LogP contribution < -0.4 is 10.6 Å². The highest BCUT2D eigenvalue weighted by Gasteiger charge is 2.27. The first-order chi connectivity index (χ1) is 9.60. The second-order valence-corrected chi connectivity index (χ2v) is 5.65. The van der Waals surface area contributed by atoms with Gasteiger partial charge >= 0.3 is 0 Å². The van der Waals surface area contributed by atoms with Crippen LogP contribution >= 0.6 is 0 Å². The monoisotopic (exact) mass is 277 g/mol. The van der Waals surface area contributed by atoms with Crippen molar-refractivity contribution in [3.63, 3.8) is 0 Å². The SMILES string of the molecule is CCCNc1cc(NCC(C)C2CC2)cc([N+](=O)[O-])c1. The summed E-state index contributed by atoms with van der Waals surface area (Å²) in [6.45, 7) is 6.00. The Balaban J connectivity index is 2.04. The smallest absolute Gasteiger partial charge is 0.273 e. The van der Waals surface area contributed by atoms with E-state index >= 15 is 0 Å². The fraction of sp³-hybridized carbons (Fsp3) is 0.600. The highest BCUT2D eigenvalue weighted by atomic mass is 16.6. The Kier molecular flexibility index (Phi) is 4.82. The number of hydrogen-bond acceptors (Lipinski definition) is 4. The molecule has 0 aliphatic heterocycles. The van der Waals surface area contributed by atoms with Crippen molar-refractivity contribution in [1.29, 1.82) is 0 Å². The van der Waals surface area contributed by atoms with E-state index in [1.165, 1.54) is 12.8 Å². The van der Waals surface area contributed by atoms with Gasteiger partial charge in [-0.25, -0.2) is 0 Å². The van der Waals surface area contributed by atoms with Gasteiger partial charge in [0.1, 0.15) is 0 Å². The molecule has 0 amide bonds. The van der Waals surface area contributed by atoms with Gasteiger partial charge in [-0.2, -0.15) is 0 Å². The summed E-state index contributed by atoms with van der Waals surface area (Å²) in [7, 11) is 0. The van der Waals surface area contributed by atoms with Crippen molar-refractivity contribution in [2.24, 2.45) is 11.8 Å². The van der Waals surface area contributed by atoms with Gasteiger partial charge in [0.2, 0.25) is 0 Å². The molecule has 2 rings (SSSR count). The fourth-order valence-electron chi connectivity index (χ4n) is 2.30. The lowest BCUT2D eigenvalue weighted by molar-refractivity contribution is -0.384. The van der Waals surface area contributed by atoms with Crippen LogP contribution in [0, 0.1) is 22.0 Å². The highest BCUT2D eigenvalue weighted by molar-refractivity contribution is 5.63. The van der Waals surface area contributed by atoms with Gasteiger partial charge in [0.15, 0.2) is 0 Å². The normalized spacial score (nSPS) is 15.7. The maximum atomic E-state index is 11.0. The quantitative estimate of drug-likeness (QED) is 0.559. The average molecular weight is 277 g/mol. The molecule has 5 heteroatoms. The molecule has 1 fully saturated rings. The molecule has 1 unspecified atom stereocenters. The summed E-state index contributed by atoms with van der Waals surface area (Å²) < 4.78 is 0. The predicted octanol–water partition coefficient (Wildman–Crippen LogP) is 3.87. The van der Waals surface area contributed by atoms with Crippen LogP contribution in [0.15, 0.2) is 18.2 Å². The molecule has 1 aromatic carbocycles. The minimum atomic E-state index is -0.341. The molecule has 0 aromatic heterocycles. The van der Waals surface area contributed by atoms with Crippen molar-refractivity contribution in [1.82, 2.24) is 0 Å². The van der Waals surface area contributed by atoms with Crippen molar-refractivity contribution >= 4 is 17.1 Å². The molecule has 5 nitrogen and oxygen atoms in total. The molecule has 0 heterocycles. The molecule has 2 N–H and O–H groups in total. The zero-order chi connectivity index (χ0) is 14.5. The van der Waals surface area contributed by atoms with E-state index < -0.39 is 0 Å². The number of nitro benzene ring substituents is 1. The standard InChI is InChI=1S/C15H23N3O2/c1-3-6-16-13-7-14(9-15(8-13)18(19)20)17-10-11(2)12-4-5-12/h7-9,11-12,16-17H,3-6,10H2,1-2H3. The van der Waals surface area contributed by atoms with Gasteiger partial charge in [-0.1, -0.05) is 13.8 Å². The molecule has 0 bridgehead atoms. The molecular formula is C15H23N3O2. The third-order valence-electron chi connectivity index (χ3n) is 3.76. The molecule has 1 aromatic rings. The Labute approximate surface area is 119 Å². The van der Waals surface area contributed by atoms with Gasteiger partial charge in [-0.3, -0.25) is 10.1 Å². The molecular weight excluding hydrogens is 254 g/mol. The van der Waals surface area contributed by atoms with E-state index in [2.05, 4.69) is 24.5 Å². The van der Waals surface area contributed by atoms with Crippen LogP contribution in [0.5, 0.6) is 0 Å². The second-order valence-electron chi connectivity index (χ2n) is 5.65. The number of nitrogens with zero attached hydrogens (tertiary/aromatic N) is 1. The predicted molar refractivity (Wildman–Crippen MR) is 82.3 cm³/mol. The van der Waals surface area contributed by atoms with Crippen LogP contribution in [0.1, 0.15) is 33.1 Å². The third-order valence-corrected chi connectivity index (χ3v) is 3.76. The summed E-state index contributed by atoms with van der Waals surface area (Å²) >= 11 is 0. The van der Waals surface area contributed by atoms with Gasteiger partial charge in [0, 0.05) is 36.6 Å². The number of nitrogens with one attached hydrogen (secondary N) is 2. The first-order valence-corrected chi connectivity index (χ1v) is 7.37. The number of benzene rings is 1. The molecule has 1 saturated carbocycles. The lowest BCUT2D eigenvalue weighted by atomic mass is 10.1. The topological polar surface area (TPSA) is 67.2 Å². The van der Waals surface area contributed by atoms with E-state index in [1.807, 2.05) is 6.07 Å². The van der Waals surface area contributed by atoms with Crippen LogP contribution in [0.4, 0.5) is 17.1 Å². The van der Waals surface area contributed by atoms with Gasteiger partial charge in [-0.15, -0.1) is 0 Å². The molecule has 1 aliphatic rings. The number of rotatable bonds is 8. The van der Waals surface area contributed by atoms with Gasteiger partial charge < -0.3 is 10.6 Å². The summed E-state index contributed by atoms with van der Waals surface area (Å²) in [5, 5.41) is 17.5. The van der Waals surface area contributed by atoms with E-state index in [0.717, 1.165) is 36.8 Å². The van der Waals surface area contributed by atoms with Crippen molar-refractivity contribution < 1.29 is 4.92 Å². The Morgan fingerprint density at radius 3 is 2.50 bits per heavy atom. The maximum Gasteiger partial charge on any atom is 0.273 e. The highest BCUT2D eigenvalue weighted by Crippen LogP contribution is 2.36. The zero-order valence-corrected chi connectivity index (χ0v) is 12.2. The molecule has 0 spiro atoms. The van der Waals surface area contributed by atoms with Gasteiger partial charge in [-0.05, 0) is 37.2 Å². The minimum absolute atomic E-state index is 0.132. The largest absolute Gasteiger partial charge is 0.385 e. The molecule has 20 heavy (non-hydrogen) atoms. The lowest BCUT2D eigenvalue weighted by Gasteiger charge is -2.14. The van der Waals surface area contributed by atoms with E-state index in [4.69, 9.17) is 0 Å². The van der Waals surface area contributed by atoms with Crippen molar-refractivity contribution in [2.75, 3.05) is 23.7 Å². The van der Waals surface area contributed by atoms with Crippen LogP contribution in [-0.4, -0.2) is 18.0 Å². The van der Waals surface area contributed by atoms with Crippen LogP contribution in [0.25, 0.3) is 0 Å². The zero-order valence-electron chi connectivity index (χ0n) is 12.2. The van der Waals surface area contributed by atoms with Crippen molar-refractivity contribution in [3.05, 3.63) is 28.3 Å². The van der Waals surface area contributed by atoms with Crippen LogP contribution in [0.3, 0.4) is 0 Å². The molecule has 0 radical (unpaired) electrons. The number of hydrogen-bond donors (Lipinski definition) is 2. The summed E-state index contributed by atoms with van der Waals surface area (Å²) in [6, 6.07) is 5.14. The Morgan fingerprint density at radius 1 is 1.30 bits per heavy atom. The van der Waals surface area contributed by atoms with Crippen LogP contribution in [0.2, 0.25) is 0 Å². The van der Waals surface area contributed by atoms with E-state index in [1.54, 1.807) is 12.1 Å². The summed E-state index contributed by atoms with van der Waals surface area (Å²) in [5.41, 5.74) is 1.76. The number of anilines is 2. The van der Waals surface area contributed by atoms with E-state index in [9.17, 15) is 10.1 Å². The average Bonchev–Trinajstić information content (AvgIpc) is 3.26. The third kappa shape index (κ3) is 4.11. The maximum absolute atomic E-state index is 11.0. The lowest BCUT2D eigenvalue weighted by Crippen LogP contribution is -2.13. The Hall–Kier alpha value is -1.78. The molecule has 1 atom stereocenters. The Bertz CT molecular complexity index is 472. The molecule has 0 saturated heterocycles. The number of nitro groups is 1. The first-order valence-electron chi connectivity index (χ1n) is 7.37. The number of non-ortho nitro benzene ring substituents is 1. The van der Waals surface area contributed by atoms with Gasteiger partial charge in [0.25, 0.3) is 5.69 Å². The summed E-state index contributed by atoms with van der Waals surface area (Å²) in [5.74, 6) is 1.46. The first kappa shape index (κ1) is 14.6. The summed E-state index contributed by atoms with van der Waals surface area (Å²) in [6.07, 6.45) is 3.63. The molecule has 1 aliphatic carbocycles. The second kappa shape index (κ2) is 6.59.